The van der Waals surface area contributed by atoms with E-state index >= 15 is 0 Å². The Bertz CT molecular complexity index is 970. The minimum atomic E-state index is -1.21. The Labute approximate surface area is 205 Å². The number of carboxylic acid groups (broad SMARTS) is 1. The standard InChI is InChI=1S/C26H34ClFN2O4/c1-17-13-30(14-19-4-7-21(27)8-5-19)18(2)10-23(17)29-15-26(3,33)16-34-24-12-22(28)9-6-20(24)11-25(31)32/h4-9,12,17-18,23,29,33H,10-11,13-16H2,1-3H3,(H,31,32)/t17-,18+,23-,26-/m0/s1. The van der Waals surface area contributed by atoms with Gasteiger partial charge in [-0.3, -0.25) is 9.69 Å². The van der Waals surface area contributed by atoms with Crippen LogP contribution in [0.15, 0.2) is 42.5 Å². The molecule has 1 heterocycles. The second-order valence-corrected chi connectivity index (χ2v) is 10.1. The molecule has 4 atom stereocenters. The fourth-order valence-corrected chi connectivity index (χ4v) is 4.49. The average molecular weight is 493 g/mol. The Balaban J connectivity index is 1.52. The van der Waals surface area contributed by atoms with Crippen LogP contribution in [0.5, 0.6) is 5.75 Å². The lowest BCUT2D eigenvalue weighted by atomic mass is 9.88. The van der Waals surface area contributed by atoms with Crippen molar-refractivity contribution < 1.29 is 24.1 Å². The molecule has 34 heavy (non-hydrogen) atoms. The molecule has 6 nitrogen and oxygen atoms in total. The number of hydrogen-bond acceptors (Lipinski definition) is 5. The molecule has 0 spiro atoms. The fraction of sp³-hybridized carbons (Fsp3) is 0.500. The first-order chi connectivity index (χ1) is 16.0. The molecule has 0 radical (unpaired) electrons. The van der Waals surface area contributed by atoms with E-state index in [2.05, 4.69) is 36.2 Å². The SMILES string of the molecule is C[C@@H]1C[C@H](NC[C@](C)(O)COc2cc(F)ccc2CC(=O)O)[C@@H](C)CN1Cc1ccc(Cl)cc1. The van der Waals surface area contributed by atoms with Crippen molar-refractivity contribution >= 4 is 17.6 Å². The maximum atomic E-state index is 13.6. The summed E-state index contributed by atoms with van der Waals surface area (Å²) in [7, 11) is 0. The van der Waals surface area contributed by atoms with Crippen LogP contribution in [0.3, 0.4) is 0 Å². The van der Waals surface area contributed by atoms with Crippen LogP contribution in [0.1, 0.15) is 38.3 Å². The lowest BCUT2D eigenvalue weighted by molar-refractivity contribution is -0.136. The van der Waals surface area contributed by atoms with Crippen LogP contribution >= 0.6 is 11.6 Å². The minimum absolute atomic E-state index is 0.0879. The highest BCUT2D eigenvalue weighted by atomic mass is 35.5. The Morgan fingerprint density at radius 3 is 2.65 bits per heavy atom. The molecule has 1 saturated heterocycles. The van der Waals surface area contributed by atoms with Crippen molar-refractivity contribution in [2.45, 2.75) is 57.8 Å². The molecule has 0 amide bonds. The van der Waals surface area contributed by atoms with Gasteiger partial charge in [0.2, 0.25) is 0 Å². The summed E-state index contributed by atoms with van der Waals surface area (Å²) in [5, 5.41) is 24.1. The quantitative estimate of drug-likeness (QED) is 0.463. The van der Waals surface area contributed by atoms with Crippen LogP contribution in [-0.2, 0) is 17.8 Å². The van der Waals surface area contributed by atoms with Crippen LogP contribution in [0.2, 0.25) is 5.02 Å². The number of nitrogens with one attached hydrogen (secondary N) is 1. The number of piperidine rings is 1. The van der Waals surface area contributed by atoms with E-state index in [0.717, 1.165) is 30.6 Å². The smallest absolute Gasteiger partial charge is 0.307 e. The van der Waals surface area contributed by atoms with Crippen molar-refractivity contribution in [3.05, 3.63) is 64.4 Å². The molecule has 0 saturated carbocycles. The van der Waals surface area contributed by atoms with E-state index < -0.39 is 17.4 Å². The van der Waals surface area contributed by atoms with Crippen molar-refractivity contribution in [1.82, 2.24) is 10.2 Å². The van der Waals surface area contributed by atoms with Crippen LogP contribution in [0.4, 0.5) is 4.39 Å². The molecule has 1 aliphatic heterocycles. The van der Waals surface area contributed by atoms with Gasteiger partial charge in [0, 0.05) is 48.4 Å². The van der Waals surface area contributed by atoms with E-state index in [4.69, 9.17) is 21.4 Å². The first-order valence-corrected chi connectivity index (χ1v) is 12.0. The van der Waals surface area contributed by atoms with Gasteiger partial charge in [-0.05, 0) is 49.9 Å². The minimum Gasteiger partial charge on any atom is -0.490 e. The van der Waals surface area contributed by atoms with Crippen molar-refractivity contribution in [3.8, 4) is 5.75 Å². The molecule has 8 heteroatoms. The van der Waals surface area contributed by atoms with E-state index in [0.29, 0.717) is 24.1 Å². The van der Waals surface area contributed by atoms with Gasteiger partial charge in [0.1, 0.15) is 23.8 Å². The maximum absolute atomic E-state index is 13.6. The number of halogens is 2. The molecule has 1 aliphatic rings. The second-order valence-electron chi connectivity index (χ2n) is 9.71. The molecule has 2 aromatic carbocycles. The summed E-state index contributed by atoms with van der Waals surface area (Å²) < 4.78 is 19.3. The van der Waals surface area contributed by atoms with Crippen molar-refractivity contribution in [2.75, 3.05) is 19.7 Å². The van der Waals surface area contributed by atoms with Crippen LogP contribution < -0.4 is 10.1 Å². The number of nitrogens with zero attached hydrogens (tertiary/aromatic N) is 1. The third-order valence-corrected chi connectivity index (χ3v) is 6.63. The van der Waals surface area contributed by atoms with Gasteiger partial charge in [-0.15, -0.1) is 0 Å². The highest BCUT2D eigenvalue weighted by molar-refractivity contribution is 6.30. The van der Waals surface area contributed by atoms with Gasteiger partial charge < -0.3 is 20.3 Å². The lowest BCUT2D eigenvalue weighted by Crippen LogP contribution is -2.55. The lowest BCUT2D eigenvalue weighted by Gasteiger charge is -2.43. The summed E-state index contributed by atoms with van der Waals surface area (Å²) in [6.45, 7) is 8.08. The van der Waals surface area contributed by atoms with Gasteiger partial charge in [-0.2, -0.15) is 0 Å². The first kappa shape index (κ1) is 26.4. The molecule has 3 rings (SSSR count). The van der Waals surface area contributed by atoms with Crippen LogP contribution in [-0.4, -0.2) is 58.5 Å². The highest BCUT2D eigenvalue weighted by Gasteiger charge is 2.32. The topological polar surface area (TPSA) is 82.0 Å². The molecule has 0 aromatic heterocycles. The second kappa shape index (κ2) is 11.5. The van der Waals surface area contributed by atoms with Gasteiger partial charge >= 0.3 is 5.97 Å². The number of hydrogen-bond donors (Lipinski definition) is 3. The van der Waals surface area contributed by atoms with Gasteiger partial charge in [-0.25, -0.2) is 4.39 Å². The van der Waals surface area contributed by atoms with Gasteiger partial charge in [-0.1, -0.05) is 36.7 Å². The predicted octanol–water partition coefficient (Wildman–Crippen LogP) is 4.12. The Morgan fingerprint density at radius 2 is 1.97 bits per heavy atom. The first-order valence-electron chi connectivity index (χ1n) is 11.6. The number of aliphatic carboxylic acids is 1. The number of aliphatic hydroxyl groups is 1. The molecule has 3 N–H and O–H groups in total. The molecule has 2 aromatic rings. The summed E-state index contributed by atoms with van der Waals surface area (Å²) in [5.74, 6) is -1.03. The fourth-order valence-electron chi connectivity index (χ4n) is 4.36. The molecule has 0 unspecified atom stereocenters. The number of benzene rings is 2. The molecule has 0 bridgehead atoms. The maximum Gasteiger partial charge on any atom is 0.307 e. The normalized spacial score (nSPS) is 22.8. The van der Waals surface area contributed by atoms with Crippen LogP contribution in [0, 0.1) is 11.7 Å². The van der Waals surface area contributed by atoms with E-state index in [1.807, 2.05) is 12.1 Å². The molecular formula is C26H34ClFN2O4. The Morgan fingerprint density at radius 1 is 1.26 bits per heavy atom. The molecule has 1 fully saturated rings. The van der Waals surface area contributed by atoms with Gasteiger partial charge in [0.25, 0.3) is 0 Å². The number of carbonyl (C=O) groups is 1. The molecule has 0 aliphatic carbocycles. The average Bonchev–Trinajstić information content (AvgIpc) is 2.76. The largest absolute Gasteiger partial charge is 0.490 e. The van der Waals surface area contributed by atoms with E-state index in [-0.39, 0.29) is 24.8 Å². The summed E-state index contributed by atoms with van der Waals surface area (Å²) in [6.07, 6.45) is 0.665. The summed E-state index contributed by atoms with van der Waals surface area (Å²) in [6, 6.07) is 12.3. The Hall–Kier alpha value is -2.19. The third-order valence-electron chi connectivity index (χ3n) is 6.38. The zero-order valence-corrected chi connectivity index (χ0v) is 20.7. The molecular weight excluding hydrogens is 459 g/mol. The predicted molar refractivity (Wildman–Crippen MR) is 131 cm³/mol. The van der Waals surface area contributed by atoms with E-state index in [1.165, 1.54) is 17.7 Å². The third kappa shape index (κ3) is 7.67. The van der Waals surface area contributed by atoms with Crippen molar-refractivity contribution in [2.24, 2.45) is 5.92 Å². The number of rotatable bonds is 10. The highest BCUT2D eigenvalue weighted by Crippen LogP contribution is 2.26. The van der Waals surface area contributed by atoms with E-state index in [1.54, 1.807) is 6.92 Å². The van der Waals surface area contributed by atoms with E-state index in [9.17, 15) is 14.3 Å². The molecule has 186 valence electrons. The van der Waals surface area contributed by atoms with Crippen molar-refractivity contribution in [1.29, 1.82) is 0 Å². The summed E-state index contributed by atoms with van der Waals surface area (Å²) >= 11 is 6.00. The van der Waals surface area contributed by atoms with Gasteiger partial charge in [0.05, 0.1) is 6.42 Å². The zero-order chi connectivity index (χ0) is 24.9. The van der Waals surface area contributed by atoms with Crippen LogP contribution in [0.25, 0.3) is 0 Å². The summed E-state index contributed by atoms with van der Waals surface area (Å²) in [5.41, 5.74) is 0.388. The van der Waals surface area contributed by atoms with Crippen molar-refractivity contribution in [3.63, 3.8) is 0 Å². The monoisotopic (exact) mass is 492 g/mol. The summed E-state index contributed by atoms with van der Waals surface area (Å²) in [4.78, 5) is 13.5. The Kier molecular flexibility index (Phi) is 8.93. The number of carboxylic acids is 1. The number of ether oxygens (including phenoxy) is 1. The zero-order valence-electron chi connectivity index (χ0n) is 19.9. The van der Waals surface area contributed by atoms with Gasteiger partial charge in [0.15, 0.2) is 0 Å². The number of likely N-dealkylation sites (tertiary alicyclic amines) is 1.